The molecule has 0 aliphatic heterocycles. The van der Waals surface area contributed by atoms with Crippen LogP contribution in [0.15, 0.2) is 35.7 Å². The number of nitrogens with one attached hydrogen (secondary N) is 2. The zero-order chi connectivity index (χ0) is 9.80. The quantitative estimate of drug-likeness (QED) is 0.756. The molecule has 0 radical (unpaired) electrons. The number of para-hydroxylation sites is 1. The third-order valence-corrected chi connectivity index (χ3v) is 2.58. The van der Waals surface area contributed by atoms with Gasteiger partial charge in [-0.2, -0.15) is 0 Å². The van der Waals surface area contributed by atoms with Crippen LogP contribution in [0.25, 0.3) is 0 Å². The van der Waals surface area contributed by atoms with E-state index >= 15 is 0 Å². The van der Waals surface area contributed by atoms with Gasteiger partial charge >= 0.3 is 0 Å². The van der Waals surface area contributed by atoms with Crippen LogP contribution < -0.4 is 10.9 Å². The van der Waals surface area contributed by atoms with E-state index in [1.165, 1.54) is 0 Å². The largest absolute Gasteiger partial charge is 0.299 e. The van der Waals surface area contributed by atoms with Gasteiger partial charge in [0.2, 0.25) is 5.13 Å². The molecule has 14 heavy (non-hydrogen) atoms. The molecule has 0 saturated heterocycles. The number of hydrogen-bond acceptors (Lipinski definition) is 4. The number of rotatable bonds is 3. The van der Waals surface area contributed by atoms with Crippen LogP contribution in [0, 0.1) is 6.92 Å². The lowest BCUT2D eigenvalue weighted by Crippen LogP contribution is -2.07. The normalized spacial score (nSPS) is 9.79. The van der Waals surface area contributed by atoms with Gasteiger partial charge in [0.15, 0.2) is 0 Å². The van der Waals surface area contributed by atoms with Gasteiger partial charge in [0, 0.05) is 5.38 Å². The maximum absolute atomic E-state index is 4.27. The molecule has 0 aliphatic carbocycles. The van der Waals surface area contributed by atoms with Gasteiger partial charge in [0.25, 0.3) is 0 Å². The molecule has 0 saturated carbocycles. The number of hydrogen-bond donors (Lipinski definition) is 2. The third-order valence-electron chi connectivity index (χ3n) is 1.71. The summed E-state index contributed by atoms with van der Waals surface area (Å²) in [6, 6.07) is 9.94. The van der Waals surface area contributed by atoms with Crippen molar-refractivity contribution in [2.24, 2.45) is 0 Å². The van der Waals surface area contributed by atoms with Crippen LogP contribution in [-0.4, -0.2) is 4.98 Å². The van der Waals surface area contributed by atoms with Crippen molar-refractivity contribution in [3.8, 4) is 0 Å². The summed E-state index contributed by atoms with van der Waals surface area (Å²) >= 11 is 1.58. The molecule has 1 aromatic heterocycles. The molecule has 0 amide bonds. The van der Waals surface area contributed by atoms with E-state index in [-0.39, 0.29) is 0 Å². The fourth-order valence-corrected chi connectivity index (χ4v) is 1.70. The van der Waals surface area contributed by atoms with Crippen molar-refractivity contribution in [3.63, 3.8) is 0 Å². The van der Waals surface area contributed by atoms with Crippen LogP contribution >= 0.6 is 11.3 Å². The van der Waals surface area contributed by atoms with Crippen molar-refractivity contribution in [1.29, 1.82) is 0 Å². The highest BCUT2D eigenvalue weighted by molar-refractivity contribution is 7.13. The Labute approximate surface area is 86.8 Å². The predicted octanol–water partition coefficient (Wildman–Crippen LogP) is 2.89. The summed E-state index contributed by atoms with van der Waals surface area (Å²) in [5, 5.41) is 2.89. The van der Waals surface area contributed by atoms with Gasteiger partial charge in [-0.15, -0.1) is 11.3 Å². The maximum Gasteiger partial charge on any atom is 0.201 e. The number of nitrogens with zero attached hydrogens (tertiary/aromatic N) is 1. The molecule has 0 atom stereocenters. The van der Waals surface area contributed by atoms with Crippen molar-refractivity contribution in [2.75, 3.05) is 10.9 Å². The van der Waals surface area contributed by atoms with E-state index in [1.807, 2.05) is 42.6 Å². The molecule has 1 heterocycles. The van der Waals surface area contributed by atoms with Crippen LogP contribution in [0.3, 0.4) is 0 Å². The van der Waals surface area contributed by atoms with Crippen molar-refractivity contribution < 1.29 is 0 Å². The van der Waals surface area contributed by atoms with Crippen LogP contribution in [0.2, 0.25) is 0 Å². The molecule has 4 heteroatoms. The third kappa shape index (κ3) is 2.23. The number of hydrazine groups is 1. The van der Waals surface area contributed by atoms with E-state index in [4.69, 9.17) is 0 Å². The first kappa shape index (κ1) is 9.02. The minimum absolute atomic E-state index is 0.881. The van der Waals surface area contributed by atoms with Crippen LogP contribution in [0.1, 0.15) is 5.69 Å². The van der Waals surface area contributed by atoms with Crippen LogP contribution in [0.4, 0.5) is 10.8 Å². The molecule has 0 unspecified atom stereocenters. The minimum Gasteiger partial charge on any atom is -0.299 e. The molecule has 0 aliphatic rings. The minimum atomic E-state index is 0.881. The Bertz CT molecular complexity index is 397. The summed E-state index contributed by atoms with van der Waals surface area (Å²) in [5.74, 6) is 0. The number of aromatic nitrogens is 1. The summed E-state index contributed by atoms with van der Waals surface area (Å²) in [4.78, 5) is 4.27. The second-order valence-corrected chi connectivity index (χ2v) is 3.77. The van der Waals surface area contributed by atoms with Gasteiger partial charge in [-0.25, -0.2) is 4.98 Å². The smallest absolute Gasteiger partial charge is 0.201 e. The molecule has 72 valence electrons. The van der Waals surface area contributed by atoms with Gasteiger partial charge in [-0.3, -0.25) is 10.9 Å². The Morgan fingerprint density at radius 3 is 2.57 bits per heavy atom. The Kier molecular flexibility index (Phi) is 2.65. The molecule has 0 spiro atoms. The number of thiazole rings is 1. The molecule has 2 rings (SSSR count). The highest BCUT2D eigenvalue weighted by atomic mass is 32.1. The topological polar surface area (TPSA) is 37.0 Å². The fourth-order valence-electron chi connectivity index (χ4n) is 1.06. The second kappa shape index (κ2) is 4.11. The van der Waals surface area contributed by atoms with Crippen LogP contribution in [-0.2, 0) is 0 Å². The van der Waals surface area contributed by atoms with E-state index in [0.717, 1.165) is 16.5 Å². The summed E-state index contributed by atoms with van der Waals surface area (Å²) in [6.07, 6.45) is 0. The predicted molar refractivity (Wildman–Crippen MR) is 60.5 cm³/mol. The number of benzene rings is 1. The van der Waals surface area contributed by atoms with Gasteiger partial charge in [0.05, 0.1) is 11.4 Å². The van der Waals surface area contributed by atoms with Gasteiger partial charge < -0.3 is 0 Å². The Balaban J connectivity index is 1.95. The Morgan fingerprint density at radius 2 is 1.93 bits per heavy atom. The first-order valence-electron chi connectivity index (χ1n) is 4.34. The van der Waals surface area contributed by atoms with E-state index in [2.05, 4.69) is 15.8 Å². The van der Waals surface area contributed by atoms with Crippen molar-refractivity contribution in [3.05, 3.63) is 41.4 Å². The van der Waals surface area contributed by atoms with E-state index in [1.54, 1.807) is 11.3 Å². The molecule has 3 nitrogen and oxygen atoms in total. The summed E-state index contributed by atoms with van der Waals surface area (Å²) in [5.41, 5.74) is 8.17. The average Bonchev–Trinajstić information content (AvgIpc) is 2.63. The monoisotopic (exact) mass is 205 g/mol. The number of anilines is 2. The highest BCUT2D eigenvalue weighted by Crippen LogP contribution is 2.14. The second-order valence-electron chi connectivity index (χ2n) is 2.91. The van der Waals surface area contributed by atoms with Crippen molar-refractivity contribution in [2.45, 2.75) is 6.92 Å². The highest BCUT2D eigenvalue weighted by Gasteiger charge is 1.95. The Hall–Kier alpha value is -1.55. The SMILES string of the molecule is Cc1csc(NNc2ccccc2)n1. The fraction of sp³-hybridized carbons (Fsp3) is 0.100. The van der Waals surface area contributed by atoms with Gasteiger partial charge in [-0.05, 0) is 19.1 Å². The van der Waals surface area contributed by atoms with E-state index < -0.39 is 0 Å². The van der Waals surface area contributed by atoms with Crippen molar-refractivity contribution in [1.82, 2.24) is 4.98 Å². The van der Waals surface area contributed by atoms with Gasteiger partial charge in [-0.1, -0.05) is 18.2 Å². The maximum atomic E-state index is 4.27. The molecule has 2 N–H and O–H groups in total. The molecule has 2 aromatic rings. The lowest BCUT2D eigenvalue weighted by molar-refractivity contribution is 1.24. The standard InChI is InChI=1S/C10H11N3S/c1-8-7-14-10(11-8)13-12-9-5-3-2-4-6-9/h2-7,12H,1H3,(H,11,13). The first-order chi connectivity index (χ1) is 6.84. The van der Waals surface area contributed by atoms with E-state index in [0.29, 0.717) is 0 Å². The van der Waals surface area contributed by atoms with E-state index in [9.17, 15) is 0 Å². The molecule has 0 bridgehead atoms. The lowest BCUT2D eigenvalue weighted by atomic mass is 10.3. The Morgan fingerprint density at radius 1 is 1.14 bits per heavy atom. The average molecular weight is 205 g/mol. The lowest BCUT2D eigenvalue weighted by Gasteiger charge is -2.05. The summed E-state index contributed by atoms with van der Waals surface area (Å²) < 4.78 is 0. The summed E-state index contributed by atoms with van der Waals surface area (Å²) in [6.45, 7) is 1.98. The summed E-state index contributed by atoms with van der Waals surface area (Å²) in [7, 11) is 0. The molecule has 1 aromatic carbocycles. The molecule has 0 fully saturated rings. The van der Waals surface area contributed by atoms with Crippen molar-refractivity contribution >= 4 is 22.2 Å². The molecular weight excluding hydrogens is 194 g/mol. The first-order valence-corrected chi connectivity index (χ1v) is 5.22. The van der Waals surface area contributed by atoms with Gasteiger partial charge in [0.1, 0.15) is 0 Å². The zero-order valence-electron chi connectivity index (χ0n) is 7.82. The zero-order valence-corrected chi connectivity index (χ0v) is 8.64. The number of aryl methyl sites for hydroxylation is 1. The molecular formula is C10H11N3S. The van der Waals surface area contributed by atoms with Crippen LogP contribution in [0.5, 0.6) is 0 Å².